The van der Waals surface area contributed by atoms with Crippen molar-refractivity contribution < 1.29 is 13.2 Å². The maximum absolute atomic E-state index is 11.2. The van der Waals surface area contributed by atoms with Gasteiger partial charge in [0.2, 0.25) is 9.05 Å². The molecule has 108 valence electrons. The molecule has 0 amide bonds. The summed E-state index contributed by atoms with van der Waals surface area (Å²) in [6.45, 7) is 6.15. The first-order valence-electron chi connectivity index (χ1n) is 5.88. The first kappa shape index (κ1) is 16.6. The van der Waals surface area contributed by atoms with E-state index < -0.39 is 9.05 Å². The molecule has 0 saturated heterocycles. The van der Waals surface area contributed by atoms with Crippen LogP contribution in [0.2, 0.25) is 5.02 Å². The van der Waals surface area contributed by atoms with E-state index in [9.17, 15) is 8.42 Å². The zero-order valence-electron chi connectivity index (χ0n) is 11.2. The largest absolute Gasteiger partial charge is 0.493 e. The Balaban J connectivity index is 2.74. The molecule has 3 nitrogen and oxygen atoms in total. The van der Waals surface area contributed by atoms with Gasteiger partial charge in [0, 0.05) is 21.6 Å². The van der Waals surface area contributed by atoms with Crippen molar-refractivity contribution in [1.82, 2.24) is 0 Å². The molecule has 1 aromatic carbocycles. The Hall–Kier alpha value is -0.450. The Bertz CT molecular complexity index is 521. The maximum Gasteiger partial charge on any atom is 0.233 e. The van der Waals surface area contributed by atoms with E-state index in [4.69, 9.17) is 27.0 Å². The molecule has 6 heteroatoms. The Morgan fingerprint density at radius 2 is 1.95 bits per heavy atom. The van der Waals surface area contributed by atoms with Crippen LogP contribution in [-0.4, -0.2) is 20.8 Å². The van der Waals surface area contributed by atoms with E-state index in [1.54, 1.807) is 24.3 Å². The predicted octanol–water partition coefficient (Wildman–Crippen LogP) is 3.95. The first-order valence-corrected chi connectivity index (χ1v) is 8.74. The Kier molecular flexibility index (Phi) is 5.53. The molecule has 1 rings (SSSR count). The molecule has 0 aliphatic rings. The fraction of sp³-hybridized carbons (Fsp3) is 0.538. The van der Waals surface area contributed by atoms with Gasteiger partial charge in [-0.05, 0) is 23.6 Å². The second-order valence-corrected chi connectivity index (χ2v) is 8.79. The number of rotatable bonds is 5. The van der Waals surface area contributed by atoms with Crippen molar-refractivity contribution in [3.8, 4) is 5.75 Å². The van der Waals surface area contributed by atoms with E-state index in [1.165, 1.54) is 0 Å². The normalized spacial score (nSPS) is 14.2. The number of ether oxygens (including phenoxy) is 1. The van der Waals surface area contributed by atoms with Gasteiger partial charge in [0.05, 0.1) is 12.4 Å². The standard InChI is InChI=1S/C13H18Cl2O3S/c1-13(2,3)10(9-19(15,16)17)8-18-12-6-4-5-11(14)7-12/h4-7,10H,8-9H2,1-3H3. The van der Waals surface area contributed by atoms with Gasteiger partial charge >= 0.3 is 0 Å². The molecule has 0 N–H and O–H groups in total. The highest BCUT2D eigenvalue weighted by molar-refractivity contribution is 8.13. The van der Waals surface area contributed by atoms with E-state index in [0.717, 1.165) is 0 Å². The lowest BCUT2D eigenvalue weighted by molar-refractivity contribution is 0.163. The lowest BCUT2D eigenvalue weighted by Crippen LogP contribution is -2.31. The molecular weight excluding hydrogens is 307 g/mol. The number of benzene rings is 1. The lowest BCUT2D eigenvalue weighted by Gasteiger charge is -2.29. The third-order valence-electron chi connectivity index (χ3n) is 2.87. The lowest BCUT2D eigenvalue weighted by atomic mass is 9.82. The minimum Gasteiger partial charge on any atom is -0.493 e. The highest BCUT2D eigenvalue weighted by Crippen LogP contribution is 2.29. The average Bonchev–Trinajstić information content (AvgIpc) is 2.21. The monoisotopic (exact) mass is 324 g/mol. The van der Waals surface area contributed by atoms with E-state index in [1.807, 2.05) is 20.8 Å². The molecule has 1 atom stereocenters. The van der Waals surface area contributed by atoms with Crippen LogP contribution >= 0.6 is 22.3 Å². The van der Waals surface area contributed by atoms with Crippen molar-refractivity contribution in [3.63, 3.8) is 0 Å². The summed E-state index contributed by atoms with van der Waals surface area (Å²) in [6.07, 6.45) is 0. The Morgan fingerprint density at radius 1 is 1.32 bits per heavy atom. The summed E-state index contributed by atoms with van der Waals surface area (Å²) in [4.78, 5) is 0. The van der Waals surface area contributed by atoms with Crippen LogP contribution in [-0.2, 0) is 9.05 Å². The van der Waals surface area contributed by atoms with E-state index in [0.29, 0.717) is 10.8 Å². The summed E-state index contributed by atoms with van der Waals surface area (Å²) >= 11 is 5.86. The van der Waals surface area contributed by atoms with Gasteiger partial charge in [0.25, 0.3) is 0 Å². The number of halogens is 2. The minimum atomic E-state index is -3.55. The molecule has 1 aromatic rings. The van der Waals surface area contributed by atoms with Gasteiger partial charge in [-0.2, -0.15) is 0 Å². The van der Waals surface area contributed by atoms with Crippen LogP contribution in [0.3, 0.4) is 0 Å². The zero-order valence-corrected chi connectivity index (χ0v) is 13.5. The maximum atomic E-state index is 11.2. The van der Waals surface area contributed by atoms with Crippen LogP contribution < -0.4 is 4.74 Å². The molecule has 0 aliphatic heterocycles. The van der Waals surface area contributed by atoms with Crippen molar-refractivity contribution in [2.24, 2.45) is 11.3 Å². The van der Waals surface area contributed by atoms with Crippen molar-refractivity contribution >= 4 is 31.3 Å². The van der Waals surface area contributed by atoms with Gasteiger partial charge in [-0.25, -0.2) is 8.42 Å². The molecule has 0 bridgehead atoms. The van der Waals surface area contributed by atoms with E-state index >= 15 is 0 Å². The van der Waals surface area contributed by atoms with Crippen LogP contribution in [0.15, 0.2) is 24.3 Å². The molecule has 0 aliphatic carbocycles. The fourth-order valence-corrected chi connectivity index (χ4v) is 3.26. The van der Waals surface area contributed by atoms with Crippen LogP contribution in [0.4, 0.5) is 0 Å². The molecular formula is C13H18Cl2O3S. The van der Waals surface area contributed by atoms with Crippen molar-refractivity contribution in [3.05, 3.63) is 29.3 Å². The Labute approximate surface area is 124 Å². The molecule has 19 heavy (non-hydrogen) atoms. The van der Waals surface area contributed by atoms with Gasteiger partial charge < -0.3 is 4.74 Å². The fourth-order valence-electron chi connectivity index (χ4n) is 1.54. The molecule has 0 fully saturated rings. The second-order valence-electron chi connectivity index (χ2n) is 5.54. The minimum absolute atomic E-state index is 0.112. The SMILES string of the molecule is CC(C)(C)C(COc1cccc(Cl)c1)CS(=O)(=O)Cl. The van der Waals surface area contributed by atoms with Crippen molar-refractivity contribution in [2.45, 2.75) is 20.8 Å². The summed E-state index contributed by atoms with van der Waals surface area (Å²) in [5.74, 6) is 0.307. The van der Waals surface area contributed by atoms with Gasteiger partial charge in [-0.15, -0.1) is 0 Å². The molecule has 0 spiro atoms. The summed E-state index contributed by atoms with van der Waals surface area (Å²) < 4.78 is 28.1. The highest BCUT2D eigenvalue weighted by Gasteiger charge is 2.29. The smallest absolute Gasteiger partial charge is 0.233 e. The van der Waals surface area contributed by atoms with E-state index in [-0.39, 0.29) is 23.7 Å². The summed E-state index contributed by atoms with van der Waals surface area (Å²) in [5, 5.41) is 0.578. The molecule has 0 heterocycles. The topological polar surface area (TPSA) is 43.4 Å². The van der Waals surface area contributed by atoms with Gasteiger partial charge in [0.1, 0.15) is 5.75 Å². The Morgan fingerprint density at radius 3 is 2.42 bits per heavy atom. The first-order chi connectivity index (χ1) is 8.58. The summed E-state index contributed by atoms with van der Waals surface area (Å²) in [7, 11) is 1.78. The molecule has 1 unspecified atom stereocenters. The predicted molar refractivity (Wildman–Crippen MR) is 79.5 cm³/mol. The van der Waals surface area contributed by atoms with Crippen molar-refractivity contribution in [2.75, 3.05) is 12.4 Å². The van der Waals surface area contributed by atoms with Gasteiger partial charge in [-0.3, -0.25) is 0 Å². The van der Waals surface area contributed by atoms with Crippen LogP contribution in [0.25, 0.3) is 0 Å². The average molecular weight is 325 g/mol. The zero-order chi connectivity index (χ0) is 14.7. The third kappa shape index (κ3) is 6.50. The second kappa shape index (κ2) is 6.33. The van der Waals surface area contributed by atoms with Gasteiger partial charge in [-0.1, -0.05) is 38.4 Å². The summed E-state index contributed by atoms with van der Waals surface area (Å²) in [6, 6.07) is 7.00. The quantitative estimate of drug-likeness (QED) is 0.770. The van der Waals surface area contributed by atoms with Crippen molar-refractivity contribution in [1.29, 1.82) is 0 Å². The number of hydrogen-bond donors (Lipinski definition) is 0. The molecule has 0 saturated carbocycles. The van der Waals surface area contributed by atoms with Gasteiger partial charge in [0.15, 0.2) is 0 Å². The van der Waals surface area contributed by atoms with Crippen LogP contribution in [0.5, 0.6) is 5.75 Å². The molecule has 0 aromatic heterocycles. The molecule has 0 radical (unpaired) electrons. The highest BCUT2D eigenvalue weighted by atomic mass is 35.7. The van der Waals surface area contributed by atoms with E-state index in [2.05, 4.69) is 0 Å². The number of hydrogen-bond acceptors (Lipinski definition) is 3. The third-order valence-corrected chi connectivity index (χ3v) is 4.29. The van der Waals surface area contributed by atoms with Crippen LogP contribution in [0, 0.1) is 11.3 Å². The summed E-state index contributed by atoms with van der Waals surface area (Å²) in [5.41, 5.74) is -0.222. The van der Waals surface area contributed by atoms with Crippen LogP contribution in [0.1, 0.15) is 20.8 Å².